The van der Waals surface area contributed by atoms with Gasteiger partial charge in [0.15, 0.2) is 12.4 Å². The minimum absolute atomic E-state index is 0.210. The summed E-state index contributed by atoms with van der Waals surface area (Å²) in [6, 6.07) is 8.61. The third-order valence-corrected chi connectivity index (χ3v) is 13.5. The van der Waals surface area contributed by atoms with Crippen molar-refractivity contribution < 1.29 is 83.6 Å². The monoisotopic (exact) mass is 857 g/mol. The quantitative estimate of drug-likeness (QED) is 0.126. The zero-order valence-electron chi connectivity index (χ0n) is 32.8. The number of aliphatic hydroxyl groups excluding tert-OH is 6. The fourth-order valence-electron chi connectivity index (χ4n) is 8.71. The molecule has 3 heterocycles. The lowest BCUT2D eigenvalue weighted by atomic mass is 9.88. The smallest absolute Gasteiger partial charge is 0.507 e. The van der Waals surface area contributed by atoms with Crippen molar-refractivity contribution in [1.82, 2.24) is 5.32 Å². The van der Waals surface area contributed by atoms with Crippen LogP contribution in [0.4, 0.5) is 4.79 Å². The predicted molar refractivity (Wildman–Crippen MR) is 209 cm³/mol. The first-order chi connectivity index (χ1) is 28.6. The van der Waals surface area contributed by atoms with E-state index in [0.717, 1.165) is 17.3 Å². The highest BCUT2D eigenvalue weighted by atomic mass is 32.2. The lowest BCUT2D eigenvalue weighted by Gasteiger charge is -2.43. The molecule has 0 amide bonds. The summed E-state index contributed by atoms with van der Waals surface area (Å²) in [5.41, 5.74) is -1.26. The summed E-state index contributed by atoms with van der Waals surface area (Å²) in [6.45, 7) is 2.37. The molecule has 15 atom stereocenters. The summed E-state index contributed by atoms with van der Waals surface area (Å²) >= 11 is 0.865. The number of fused-ring (bicyclic) bond motifs is 3. The van der Waals surface area contributed by atoms with Crippen molar-refractivity contribution in [2.75, 3.05) is 27.4 Å². The van der Waals surface area contributed by atoms with E-state index in [-0.39, 0.29) is 17.7 Å². The average molecular weight is 858 g/mol. The zero-order valence-corrected chi connectivity index (χ0v) is 33.6. The van der Waals surface area contributed by atoms with Crippen LogP contribution in [0.3, 0.4) is 0 Å². The molecule has 0 spiro atoms. The van der Waals surface area contributed by atoms with Crippen molar-refractivity contribution >= 4 is 40.7 Å². The molecule has 0 saturated carbocycles. The number of carbonyl (C=O) groups excluding carboxylic acids is 2. The Morgan fingerprint density at radius 3 is 2.43 bits per heavy atom. The minimum atomic E-state index is -1.88. The average Bonchev–Trinajstić information content (AvgIpc) is 3.90. The Hall–Kier alpha value is -4.09. The second-order valence-electron chi connectivity index (χ2n) is 15.6. The van der Waals surface area contributed by atoms with Gasteiger partial charge in [-0.15, -0.1) is 11.8 Å². The van der Waals surface area contributed by atoms with Crippen LogP contribution in [0.2, 0.25) is 0 Å². The van der Waals surface area contributed by atoms with Gasteiger partial charge in [-0.1, -0.05) is 18.2 Å². The number of hydrogen-bond donors (Lipinski definition) is 9. The van der Waals surface area contributed by atoms with Gasteiger partial charge in [-0.05, 0) is 84.4 Å². The molecule has 3 aromatic rings. The Morgan fingerprint density at radius 1 is 0.983 bits per heavy atom. The zero-order chi connectivity index (χ0) is 42.9. The second kappa shape index (κ2) is 16.3. The maximum absolute atomic E-state index is 14.7. The summed E-state index contributed by atoms with van der Waals surface area (Å²) < 4.78 is 41.0. The van der Waals surface area contributed by atoms with Crippen LogP contribution < -0.4 is 10.1 Å². The van der Waals surface area contributed by atoms with E-state index in [2.05, 4.69) is 5.32 Å². The van der Waals surface area contributed by atoms with Gasteiger partial charge < -0.3 is 79.3 Å². The highest BCUT2D eigenvalue weighted by Gasteiger charge is 2.55. The van der Waals surface area contributed by atoms with E-state index in [9.17, 15) is 50.4 Å². The van der Waals surface area contributed by atoms with Gasteiger partial charge >= 0.3 is 12.1 Å². The topological polar surface area (TPSA) is 273 Å². The van der Waals surface area contributed by atoms with E-state index in [4.69, 9.17) is 33.2 Å². The Labute approximate surface area is 347 Å². The van der Waals surface area contributed by atoms with Crippen molar-refractivity contribution in [3.63, 3.8) is 0 Å². The van der Waals surface area contributed by atoms with Crippen molar-refractivity contribution in [3.05, 3.63) is 75.9 Å². The molecule has 3 aromatic carbocycles. The van der Waals surface area contributed by atoms with E-state index >= 15 is 0 Å². The Morgan fingerprint density at radius 2 is 1.75 bits per heavy atom. The van der Waals surface area contributed by atoms with Gasteiger partial charge in [-0.3, -0.25) is 0 Å². The van der Waals surface area contributed by atoms with Crippen LogP contribution in [0, 0.1) is 6.92 Å². The van der Waals surface area contributed by atoms with Crippen LogP contribution in [0.15, 0.2) is 42.5 Å². The molecule has 8 rings (SSSR count). The van der Waals surface area contributed by atoms with Crippen LogP contribution in [0.1, 0.15) is 56.5 Å². The number of phenolic OH excluding ortho intramolecular Hbond substituents is 1. The maximum Gasteiger partial charge on any atom is 0.508 e. The number of carbonyl (C=O) groups is 2. The first-order valence-corrected chi connectivity index (χ1v) is 20.3. The number of phenols is 1. The number of methoxy groups -OCH3 is 1. The van der Waals surface area contributed by atoms with Crippen molar-refractivity contribution in [2.24, 2.45) is 0 Å². The SMILES string of the molecule is CN[C@H]1[C@@H](O[C@@H]2c3cc4c(cc3[C@H](S[C@@H]3O[C@H](CO)[C@@H](O)[C@H](O)[C@H]3O)[C@H]2OC(=O)c2c(O)ccc3c(C)cc(OC)cc23)[C@@](O)(C2COC(=O)O2)C=C4)O[C@H](C)[C@H](O)[C@@H]1O. The number of cyclic esters (lactones) is 2. The number of nitrogens with one attached hydrogen (secondary N) is 1. The standard InChI is InChI=1S/C41H47NO17S/c1-15-9-18(53-4)11-20-19(15)5-6-24(44)27(20)37(50)58-35-34(59-38-28(42-3)31(47)29(45)16(2)55-38)21-10-17-7-8-41(52,26-14-54-40(51)57-26)23(17)12-22(21)36(35)60-39-33(49)32(48)30(46)25(13-43)56-39/h5-12,16,25-26,28-36,38-39,42-49,52H,13-14H2,1-4H3/t16-,25-,26?,28-,29+,30-,31-,32+,33-,34-,35+,36+,38-,39+,41-/m1/s1. The Kier molecular flexibility index (Phi) is 11.6. The highest BCUT2D eigenvalue weighted by Crippen LogP contribution is 2.56. The molecule has 9 N–H and O–H groups in total. The largest absolute Gasteiger partial charge is 0.508 e. The van der Waals surface area contributed by atoms with Gasteiger partial charge in [0.25, 0.3) is 0 Å². The number of ether oxygens (including phenoxy) is 7. The van der Waals surface area contributed by atoms with Gasteiger partial charge in [0.1, 0.15) is 83.5 Å². The van der Waals surface area contributed by atoms with E-state index in [1.54, 1.807) is 43.3 Å². The Bertz CT molecular complexity index is 2190. The number of aromatic hydroxyl groups is 1. The van der Waals surface area contributed by atoms with E-state index in [1.165, 1.54) is 26.3 Å². The van der Waals surface area contributed by atoms with Crippen LogP contribution in [-0.4, -0.2) is 153 Å². The van der Waals surface area contributed by atoms with Gasteiger partial charge in [-0.2, -0.15) is 0 Å². The predicted octanol–water partition coefficient (Wildman–Crippen LogP) is 0.538. The number of hydrogen-bond acceptors (Lipinski definition) is 19. The van der Waals surface area contributed by atoms with E-state index < -0.39 is 114 Å². The molecule has 1 unspecified atom stereocenters. The fourth-order valence-corrected chi connectivity index (χ4v) is 10.2. The number of esters is 1. The van der Waals surface area contributed by atoms with Crippen molar-refractivity contribution in [1.29, 1.82) is 0 Å². The number of rotatable bonds is 10. The lowest BCUT2D eigenvalue weighted by molar-refractivity contribution is -0.281. The third-order valence-electron chi connectivity index (χ3n) is 12.1. The summed E-state index contributed by atoms with van der Waals surface area (Å²) in [4.78, 5) is 26.7. The van der Waals surface area contributed by atoms with Crippen LogP contribution in [0.5, 0.6) is 11.5 Å². The molecule has 3 aliphatic heterocycles. The third kappa shape index (κ3) is 7.09. The molecule has 324 valence electrons. The number of likely N-dealkylation sites (N-methyl/N-ethyl adjacent to an activating group) is 1. The number of thioether (sulfide) groups is 1. The number of aliphatic hydroxyl groups is 7. The summed E-state index contributed by atoms with van der Waals surface area (Å²) in [7, 11) is 2.99. The van der Waals surface area contributed by atoms with Crippen LogP contribution >= 0.6 is 11.8 Å². The van der Waals surface area contributed by atoms with Gasteiger partial charge in [0.05, 0.1) is 31.1 Å². The fraction of sp³-hybridized carbons (Fsp3) is 0.512. The van der Waals surface area contributed by atoms with Crippen molar-refractivity contribution in [3.8, 4) is 11.5 Å². The summed E-state index contributed by atoms with van der Waals surface area (Å²) in [5.74, 6) is -1.01. The first-order valence-electron chi connectivity index (χ1n) is 19.3. The highest BCUT2D eigenvalue weighted by molar-refractivity contribution is 8.00. The lowest BCUT2D eigenvalue weighted by Crippen LogP contribution is -2.62. The molecule has 3 fully saturated rings. The first kappa shape index (κ1) is 42.6. The molecule has 19 heteroatoms. The van der Waals surface area contributed by atoms with Crippen LogP contribution in [0.25, 0.3) is 16.8 Å². The van der Waals surface area contributed by atoms with Gasteiger partial charge in [0.2, 0.25) is 0 Å². The molecule has 0 bridgehead atoms. The van der Waals surface area contributed by atoms with Gasteiger partial charge in [0, 0.05) is 5.39 Å². The van der Waals surface area contributed by atoms with Crippen molar-refractivity contribution in [2.45, 2.75) is 104 Å². The molecule has 5 aliphatic rings. The normalized spacial score (nSPS) is 37.1. The molecule has 60 heavy (non-hydrogen) atoms. The Balaban J connectivity index is 1.28. The molecule has 2 aliphatic carbocycles. The molecule has 18 nitrogen and oxygen atoms in total. The molecule has 0 radical (unpaired) electrons. The van der Waals surface area contributed by atoms with Gasteiger partial charge in [-0.25, -0.2) is 9.59 Å². The number of benzene rings is 3. The van der Waals surface area contributed by atoms with E-state index in [0.29, 0.717) is 33.2 Å². The number of aryl methyl sites for hydroxylation is 1. The minimum Gasteiger partial charge on any atom is -0.507 e. The summed E-state index contributed by atoms with van der Waals surface area (Å²) in [6.07, 6.45) is -13.1. The summed E-state index contributed by atoms with van der Waals surface area (Å²) in [5, 5.41) is 90.6. The molecule has 0 aromatic heterocycles. The van der Waals surface area contributed by atoms with E-state index in [1.807, 2.05) is 6.92 Å². The van der Waals surface area contributed by atoms with Crippen LogP contribution in [-0.2, 0) is 34.0 Å². The second-order valence-corrected chi connectivity index (χ2v) is 16.8. The molecular formula is C41H47NO17S. The maximum atomic E-state index is 14.7. The molecular weight excluding hydrogens is 811 g/mol. The molecule has 3 saturated heterocycles.